The van der Waals surface area contributed by atoms with E-state index in [9.17, 15) is 18.0 Å². The van der Waals surface area contributed by atoms with E-state index in [2.05, 4.69) is 6.58 Å². The Morgan fingerprint density at radius 3 is 2.30 bits per heavy atom. The van der Waals surface area contributed by atoms with E-state index >= 15 is 0 Å². The fraction of sp³-hybridized carbons (Fsp3) is 0.529. The molecule has 1 rings (SSSR count). The number of Topliss-reactive ketones (excluding diaryl/α,β-unsaturated/α-hetero) is 2. The molecule has 0 fully saturated rings. The van der Waals surface area contributed by atoms with Crippen LogP contribution in [0.25, 0.3) is 0 Å². The molecule has 0 bridgehead atoms. The van der Waals surface area contributed by atoms with Crippen LogP contribution in [0, 0.1) is 0 Å². The summed E-state index contributed by atoms with van der Waals surface area (Å²) in [6, 6.07) is 0. The minimum atomic E-state index is -4.51. The van der Waals surface area contributed by atoms with Crippen LogP contribution in [0.5, 0.6) is 0 Å². The highest BCUT2D eigenvalue weighted by molar-refractivity contribution is 7.90. The number of hydrogen-bond donors (Lipinski definition) is 1. The molecule has 5 nitrogen and oxygen atoms in total. The number of rotatable bonds is 11. The van der Waals surface area contributed by atoms with E-state index in [1.807, 2.05) is 6.08 Å². The van der Waals surface area contributed by atoms with Crippen molar-refractivity contribution in [2.24, 2.45) is 0 Å². The number of hydrogen-bond acceptors (Lipinski definition) is 4. The zero-order valence-electron chi connectivity index (χ0n) is 13.3. The molecule has 0 saturated heterocycles. The van der Waals surface area contributed by atoms with Crippen molar-refractivity contribution in [3.05, 3.63) is 35.3 Å². The van der Waals surface area contributed by atoms with E-state index < -0.39 is 20.8 Å². The molecular weight excluding hydrogens is 316 g/mol. The van der Waals surface area contributed by atoms with Gasteiger partial charge in [-0.2, -0.15) is 8.42 Å². The summed E-state index contributed by atoms with van der Waals surface area (Å²) in [6.45, 7) is 3.68. The third-order valence-corrected chi connectivity index (χ3v) is 4.68. The molecule has 0 atom stereocenters. The van der Waals surface area contributed by atoms with Gasteiger partial charge in [0.15, 0.2) is 11.6 Å². The fourth-order valence-corrected chi connectivity index (χ4v) is 3.05. The van der Waals surface area contributed by atoms with Crippen LogP contribution >= 0.6 is 0 Å². The number of allylic oxidation sites excluding steroid dienone is 5. The molecule has 0 unspecified atom stereocenters. The molecule has 0 radical (unpaired) electrons. The van der Waals surface area contributed by atoms with Crippen LogP contribution in [-0.2, 0) is 19.7 Å². The maximum absolute atomic E-state index is 12.0. The monoisotopic (exact) mass is 340 g/mol. The van der Waals surface area contributed by atoms with Crippen molar-refractivity contribution in [2.75, 3.05) is 0 Å². The molecule has 1 aliphatic carbocycles. The third-order valence-electron chi connectivity index (χ3n) is 3.76. The van der Waals surface area contributed by atoms with Gasteiger partial charge in [0.05, 0.1) is 0 Å². The van der Waals surface area contributed by atoms with Gasteiger partial charge in [-0.15, -0.1) is 6.58 Å². The number of carbonyl (C=O) groups excluding carboxylic acids is 2. The normalized spacial score (nSPS) is 15.1. The van der Waals surface area contributed by atoms with E-state index in [0.29, 0.717) is 12.0 Å². The van der Waals surface area contributed by atoms with Gasteiger partial charge < -0.3 is 0 Å². The Labute approximate surface area is 137 Å². The molecule has 0 aromatic rings. The average Bonchev–Trinajstić information content (AvgIpc) is 2.48. The minimum Gasteiger partial charge on any atom is -0.295 e. The van der Waals surface area contributed by atoms with Crippen molar-refractivity contribution in [2.45, 2.75) is 57.8 Å². The van der Waals surface area contributed by atoms with E-state index in [-0.39, 0.29) is 12.2 Å². The first kappa shape index (κ1) is 19.5. The second-order valence-corrected chi connectivity index (χ2v) is 7.06. The lowest BCUT2D eigenvalue weighted by Gasteiger charge is -2.11. The summed E-state index contributed by atoms with van der Waals surface area (Å²) >= 11 is 0. The van der Waals surface area contributed by atoms with Gasteiger partial charge in [0.25, 0.3) is 10.1 Å². The highest BCUT2D eigenvalue weighted by atomic mass is 32.2. The molecular formula is C17H24O5S. The van der Waals surface area contributed by atoms with Crippen LogP contribution in [0.2, 0.25) is 0 Å². The fourth-order valence-electron chi connectivity index (χ4n) is 2.45. The Morgan fingerprint density at radius 1 is 1.13 bits per heavy atom. The lowest BCUT2D eigenvalue weighted by atomic mass is 9.96. The smallest absolute Gasteiger partial charge is 0.295 e. The number of carbonyl (C=O) groups is 2. The van der Waals surface area contributed by atoms with Crippen LogP contribution in [0.1, 0.15) is 57.8 Å². The van der Waals surface area contributed by atoms with Gasteiger partial charge in [-0.05, 0) is 25.3 Å². The molecule has 23 heavy (non-hydrogen) atoms. The van der Waals surface area contributed by atoms with E-state index in [1.54, 1.807) is 0 Å². The van der Waals surface area contributed by atoms with Gasteiger partial charge in [-0.1, -0.05) is 37.8 Å². The summed E-state index contributed by atoms with van der Waals surface area (Å²) in [5, 5.41) is 0. The molecule has 0 aromatic heterocycles. The van der Waals surface area contributed by atoms with Gasteiger partial charge in [-0.25, -0.2) is 0 Å². The van der Waals surface area contributed by atoms with Crippen molar-refractivity contribution in [3.8, 4) is 0 Å². The summed E-state index contributed by atoms with van der Waals surface area (Å²) in [6.07, 6.45) is 11.7. The van der Waals surface area contributed by atoms with Crippen molar-refractivity contribution >= 4 is 21.7 Å². The van der Waals surface area contributed by atoms with E-state index in [4.69, 9.17) is 4.55 Å². The SMILES string of the molecule is C=CCCCCCCCCC(=O)C1=CC=C(S(=O)(=O)O)C(=O)C1. The van der Waals surface area contributed by atoms with Crippen molar-refractivity contribution in [1.29, 1.82) is 0 Å². The lowest BCUT2D eigenvalue weighted by Crippen LogP contribution is -2.18. The first-order chi connectivity index (χ1) is 10.9. The van der Waals surface area contributed by atoms with E-state index in [0.717, 1.165) is 44.6 Å². The van der Waals surface area contributed by atoms with Gasteiger partial charge >= 0.3 is 0 Å². The molecule has 0 spiro atoms. The van der Waals surface area contributed by atoms with Gasteiger partial charge in [0, 0.05) is 18.4 Å². The van der Waals surface area contributed by atoms with Gasteiger partial charge in [-0.3, -0.25) is 14.1 Å². The Hall–Kier alpha value is -1.53. The first-order valence-corrected chi connectivity index (χ1v) is 9.36. The maximum Gasteiger partial charge on any atom is 0.298 e. The maximum atomic E-state index is 12.0. The largest absolute Gasteiger partial charge is 0.298 e. The molecule has 0 heterocycles. The standard InChI is InChI=1S/C17H24O5S/c1-2-3-4-5-6-7-8-9-10-15(18)14-11-12-17(16(19)13-14)23(20,21)22/h2,11-12H,1,3-10,13H2,(H,20,21,22). The Balaban J connectivity index is 2.34. The molecule has 0 aliphatic heterocycles. The second-order valence-electron chi connectivity index (χ2n) is 5.67. The molecule has 0 aromatic carbocycles. The molecule has 6 heteroatoms. The van der Waals surface area contributed by atoms with Crippen molar-refractivity contribution < 1.29 is 22.6 Å². The number of unbranched alkanes of at least 4 members (excludes halogenated alkanes) is 6. The van der Waals surface area contributed by atoms with E-state index in [1.165, 1.54) is 12.5 Å². The molecule has 1 N–H and O–H groups in total. The zero-order chi connectivity index (χ0) is 17.3. The topological polar surface area (TPSA) is 88.5 Å². The highest BCUT2D eigenvalue weighted by Crippen LogP contribution is 2.21. The average molecular weight is 340 g/mol. The molecule has 0 saturated carbocycles. The van der Waals surface area contributed by atoms with Crippen LogP contribution in [-0.4, -0.2) is 24.5 Å². The highest BCUT2D eigenvalue weighted by Gasteiger charge is 2.27. The third kappa shape index (κ3) is 7.05. The number of ketones is 2. The molecule has 1 aliphatic rings. The van der Waals surface area contributed by atoms with Crippen LogP contribution in [0.15, 0.2) is 35.3 Å². The van der Waals surface area contributed by atoms with Crippen molar-refractivity contribution in [1.82, 2.24) is 0 Å². The van der Waals surface area contributed by atoms with Gasteiger partial charge in [0.1, 0.15) is 4.91 Å². The Kier molecular flexibility index (Phi) is 8.12. The van der Waals surface area contributed by atoms with Crippen LogP contribution in [0.4, 0.5) is 0 Å². The Bertz CT molecular complexity index is 611. The lowest BCUT2D eigenvalue weighted by molar-refractivity contribution is -0.119. The zero-order valence-corrected chi connectivity index (χ0v) is 14.1. The van der Waals surface area contributed by atoms with Crippen LogP contribution in [0.3, 0.4) is 0 Å². The molecule has 0 amide bonds. The first-order valence-electron chi connectivity index (χ1n) is 7.92. The summed E-state index contributed by atoms with van der Waals surface area (Å²) < 4.78 is 30.8. The predicted octanol–water partition coefficient (Wildman–Crippen LogP) is 3.53. The quantitative estimate of drug-likeness (QED) is 0.353. The van der Waals surface area contributed by atoms with Crippen LogP contribution < -0.4 is 0 Å². The molecule has 128 valence electrons. The summed E-state index contributed by atoms with van der Waals surface area (Å²) in [5.41, 5.74) is 0.313. The Morgan fingerprint density at radius 2 is 1.74 bits per heavy atom. The summed E-state index contributed by atoms with van der Waals surface area (Å²) in [5.74, 6) is -0.865. The summed E-state index contributed by atoms with van der Waals surface area (Å²) in [4.78, 5) is 23.0. The minimum absolute atomic E-state index is 0.129. The second kappa shape index (κ2) is 9.57. The summed E-state index contributed by atoms with van der Waals surface area (Å²) in [7, 11) is -4.51. The van der Waals surface area contributed by atoms with Gasteiger partial charge in [0.2, 0.25) is 0 Å². The predicted molar refractivity (Wildman–Crippen MR) is 89.5 cm³/mol. The van der Waals surface area contributed by atoms with Crippen molar-refractivity contribution in [3.63, 3.8) is 0 Å².